The molecule has 0 saturated carbocycles. The Kier molecular flexibility index (Phi) is 5.45. The molecule has 0 radical (unpaired) electrons. The van der Waals surface area contributed by atoms with Gasteiger partial charge in [0.1, 0.15) is 5.69 Å². The quantitative estimate of drug-likeness (QED) is 0.563. The average molecular weight is 431 g/mol. The first-order valence-corrected chi connectivity index (χ1v) is 9.88. The second kappa shape index (κ2) is 8.23. The first-order valence-electron chi connectivity index (χ1n) is 9.88. The second-order valence-corrected chi connectivity index (χ2v) is 7.67. The van der Waals surface area contributed by atoms with Crippen LogP contribution in [0.3, 0.4) is 0 Å². The molecule has 0 N–H and O–H groups in total. The van der Waals surface area contributed by atoms with Crippen LogP contribution < -0.4 is 4.90 Å². The Morgan fingerprint density at radius 1 is 0.969 bits per heavy atom. The second-order valence-electron chi connectivity index (χ2n) is 7.67. The number of urea groups is 1. The first-order chi connectivity index (χ1) is 15.3. The van der Waals surface area contributed by atoms with Gasteiger partial charge in [0.2, 0.25) is 5.91 Å². The predicted octanol–water partition coefficient (Wildman–Crippen LogP) is 4.46. The van der Waals surface area contributed by atoms with Crippen molar-refractivity contribution in [2.24, 2.45) is 0 Å². The SMILES string of the molecule is CN1C(=O)N(c2c(F)cc(C#Cc3cccnc3)cc2F)C(=O)C[C@@]1(C)c1ccccc1. The lowest BCUT2D eigenvalue weighted by Gasteiger charge is -2.45. The summed E-state index contributed by atoms with van der Waals surface area (Å²) in [5.74, 6) is 2.66. The van der Waals surface area contributed by atoms with Crippen LogP contribution in [-0.2, 0) is 10.3 Å². The van der Waals surface area contributed by atoms with E-state index < -0.39 is 34.8 Å². The zero-order valence-corrected chi connectivity index (χ0v) is 17.5. The molecule has 7 heteroatoms. The summed E-state index contributed by atoms with van der Waals surface area (Å²) in [5, 5.41) is 0. The van der Waals surface area contributed by atoms with Crippen molar-refractivity contribution in [1.82, 2.24) is 9.88 Å². The van der Waals surface area contributed by atoms with E-state index in [1.807, 2.05) is 18.2 Å². The summed E-state index contributed by atoms with van der Waals surface area (Å²) < 4.78 is 29.9. The van der Waals surface area contributed by atoms with E-state index in [2.05, 4.69) is 16.8 Å². The van der Waals surface area contributed by atoms with Crippen molar-refractivity contribution in [1.29, 1.82) is 0 Å². The predicted molar refractivity (Wildman–Crippen MR) is 116 cm³/mol. The van der Waals surface area contributed by atoms with Crippen LogP contribution in [0.4, 0.5) is 19.3 Å². The van der Waals surface area contributed by atoms with Gasteiger partial charge in [0.05, 0.1) is 12.0 Å². The number of amides is 3. The Hall–Kier alpha value is -4.05. The molecule has 0 bridgehead atoms. The van der Waals surface area contributed by atoms with Gasteiger partial charge in [-0.1, -0.05) is 42.2 Å². The van der Waals surface area contributed by atoms with Crippen LogP contribution >= 0.6 is 0 Å². The lowest BCUT2D eigenvalue weighted by atomic mass is 9.85. The largest absolute Gasteiger partial charge is 0.332 e. The molecule has 1 aliphatic heterocycles. The van der Waals surface area contributed by atoms with E-state index in [9.17, 15) is 18.4 Å². The van der Waals surface area contributed by atoms with Crippen LogP contribution in [0.2, 0.25) is 0 Å². The van der Waals surface area contributed by atoms with Crippen LogP contribution in [0.5, 0.6) is 0 Å². The fourth-order valence-electron chi connectivity index (χ4n) is 3.71. The minimum atomic E-state index is -1.04. The molecule has 1 aliphatic rings. The lowest BCUT2D eigenvalue weighted by molar-refractivity contribution is -0.122. The van der Waals surface area contributed by atoms with Gasteiger partial charge in [0.15, 0.2) is 11.6 Å². The average Bonchev–Trinajstić information content (AvgIpc) is 2.79. The summed E-state index contributed by atoms with van der Waals surface area (Å²) in [6.07, 6.45) is 2.99. The number of hydrogen-bond acceptors (Lipinski definition) is 3. The molecular formula is C25H19F2N3O2. The smallest absolute Gasteiger partial charge is 0.317 e. The highest BCUT2D eigenvalue weighted by atomic mass is 19.1. The monoisotopic (exact) mass is 431 g/mol. The van der Waals surface area contributed by atoms with Crippen LogP contribution in [0.1, 0.15) is 30.0 Å². The number of carbonyl (C=O) groups is 2. The van der Waals surface area contributed by atoms with Crippen molar-refractivity contribution in [3.05, 3.63) is 95.3 Å². The Labute approximate surface area is 184 Å². The number of benzene rings is 2. The number of hydrogen-bond donors (Lipinski definition) is 0. The van der Waals surface area contributed by atoms with E-state index in [1.54, 1.807) is 37.4 Å². The maximum absolute atomic E-state index is 14.9. The summed E-state index contributed by atoms with van der Waals surface area (Å²) in [6, 6.07) is 13.7. The highest BCUT2D eigenvalue weighted by Crippen LogP contribution is 2.38. The molecule has 160 valence electrons. The standard InChI is InChI=1S/C25H19F2N3O2/c1-25(19-8-4-3-5-9-19)15-22(31)30(24(32)29(25)2)23-20(26)13-18(14-21(23)27)11-10-17-7-6-12-28-16-17/h3-9,12-14,16H,15H2,1-2H3/t25-/m0/s1. The molecule has 1 fully saturated rings. The van der Waals surface area contributed by atoms with Gasteiger partial charge in [-0.15, -0.1) is 0 Å². The lowest BCUT2D eigenvalue weighted by Crippen LogP contribution is -2.60. The molecule has 5 nitrogen and oxygen atoms in total. The molecule has 2 heterocycles. The fraction of sp³-hybridized carbons (Fsp3) is 0.160. The third-order valence-electron chi connectivity index (χ3n) is 5.61. The molecule has 2 aromatic carbocycles. The number of halogens is 2. The van der Waals surface area contributed by atoms with Crippen LogP contribution in [0.25, 0.3) is 0 Å². The minimum Gasteiger partial charge on any atom is -0.317 e. The Morgan fingerprint density at radius 3 is 2.25 bits per heavy atom. The third-order valence-corrected chi connectivity index (χ3v) is 5.61. The number of anilines is 1. The first kappa shape index (κ1) is 21.2. The molecular weight excluding hydrogens is 412 g/mol. The summed E-state index contributed by atoms with van der Waals surface area (Å²) in [4.78, 5) is 31.9. The highest BCUT2D eigenvalue weighted by molar-refractivity contribution is 6.16. The van der Waals surface area contributed by atoms with Crippen molar-refractivity contribution in [3.8, 4) is 11.8 Å². The van der Waals surface area contributed by atoms with E-state index in [4.69, 9.17) is 0 Å². The Morgan fingerprint density at radius 2 is 1.62 bits per heavy atom. The molecule has 4 rings (SSSR count). The number of aromatic nitrogens is 1. The van der Waals surface area contributed by atoms with Gasteiger partial charge in [-0.25, -0.2) is 18.5 Å². The van der Waals surface area contributed by atoms with Gasteiger partial charge in [0.25, 0.3) is 0 Å². The highest BCUT2D eigenvalue weighted by Gasteiger charge is 2.47. The summed E-state index contributed by atoms with van der Waals surface area (Å²) in [5.41, 5.74) is -0.221. The Balaban J connectivity index is 1.68. The molecule has 0 unspecified atom stereocenters. The van der Waals surface area contributed by atoms with Gasteiger partial charge in [-0.05, 0) is 36.8 Å². The number of imide groups is 1. The van der Waals surface area contributed by atoms with E-state index in [-0.39, 0.29) is 12.0 Å². The molecule has 3 aromatic rings. The number of pyridine rings is 1. The van der Waals surface area contributed by atoms with Crippen LogP contribution in [0, 0.1) is 23.5 Å². The van der Waals surface area contributed by atoms with Crippen LogP contribution in [-0.4, -0.2) is 28.9 Å². The fourth-order valence-corrected chi connectivity index (χ4v) is 3.71. The maximum Gasteiger partial charge on any atom is 0.332 e. The van der Waals surface area contributed by atoms with Crippen molar-refractivity contribution < 1.29 is 18.4 Å². The van der Waals surface area contributed by atoms with Crippen LogP contribution in [0.15, 0.2) is 67.0 Å². The van der Waals surface area contributed by atoms with Gasteiger partial charge >= 0.3 is 6.03 Å². The van der Waals surface area contributed by atoms with Gasteiger partial charge in [-0.3, -0.25) is 9.78 Å². The third kappa shape index (κ3) is 3.71. The zero-order chi connectivity index (χ0) is 22.9. The number of rotatable bonds is 2. The van der Waals surface area contributed by atoms with Gasteiger partial charge < -0.3 is 4.90 Å². The van der Waals surface area contributed by atoms with Gasteiger partial charge in [0, 0.05) is 30.6 Å². The maximum atomic E-state index is 14.9. The zero-order valence-electron chi connectivity index (χ0n) is 17.5. The molecule has 0 spiro atoms. The summed E-state index contributed by atoms with van der Waals surface area (Å²) in [6.45, 7) is 1.75. The summed E-state index contributed by atoms with van der Waals surface area (Å²) in [7, 11) is 1.51. The minimum absolute atomic E-state index is 0.0759. The van der Waals surface area contributed by atoms with Gasteiger partial charge in [-0.2, -0.15) is 0 Å². The normalized spacial score (nSPS) is 18.4. The molecule has 1 aromatic heterocycles. The molecule has 1 saturated heterocycles. The topological polar surface area (TPSA) is 53.5 Å². The van der Waals surface area contributed by atoms with Crippen molar-refractivity contribution >= 4 is 17.6 Å². The molecule has 32 heavy (non-hydrogen) atoms. The Bertz CT molecular complexity index is 1230. The van der Waals surface area contributed by atoms with E-state index in [0.29, 0.717) is 10.5 Å². The van der Waals surface area contributed by atoms with E-state index in [1.165, 1.54) is 18.1 Å². The van der Waals surface area contributed by atoms with Crippen molar-refractivity contribution in [3.63, 3.8) is 0 Å². The van der Waals surface area contributed by atoms with Crippen molar-refractivity contribution in [2.75, 3.05) is 11.9 Å². The number of carbonyl (C=O) groups excluding carboxylic acids is 2. The van der Waals surface area contributed by atoms with Crippen molar-refractivity contribution in [2.45, 2.75) is 18.9 Å². The molecule has 1 atom stereocenters. The van der Waals surface area contributed by atoms with E-state index in [0.717, 1.165) is 17.7 Å². The van der Waals surface area contributed by atoms with E-state index >= 15 is 0 Å². The molecule has 0 aliphatic carbocycles. The molecule has 3 amide bonds. The number of nitrogens with zero attached hydrogens (tertiary/aromatic N) is 3. The summed E-state index contributed by atoms with van der Waals surface area (Å²) >= 11 is 0.